The van der Waals surface area contributed by atoms with Gasteiger partial charge >= 0.3 is 7.67 Å². The molecular weight excluding hydrogens is 217 g/mol. The molecule has 0 aliphatic carbocycles. The van der Waals surface area contributed by atoms with Crippen molar-refractivity contribution in [1.29, 1.82) is 0 Å². The molecule has 0 aliphatic heterocycles. The van der Waals surface area contributed by atoms with E-state index in [0.717, 1.165) is 0 Å². The number of H-pyrrole nitrogens is 1. The van der Waals surface area contributed by atoms with Crippen LogP contribution in [0.2, 0.25) is 0 Å². The summed E-state index contributed by atoms with van der Waals surface area (Å²) in [6.45, 7) is 0. The van der Waals surface area contributed by atoms with Crippen molar-refractivity contribution < 1.29 is 14.6 Å². The predicted octanol–water partition coefficient (Wildman–Crippen LogP) is 1.34. The van der Waals surface area contributed by atoms with Crippen LogP contribution in [-0.4, -0.2) is 15.0 Å². The summed E-state index contributed by atoms with van der Waals surface area (Å²) in [5, 5.41) is 12.4. The van der Waals surface area contributed by atoms with Gasteiger partial charge in [-0.3, -0.25) is 0 Å². The Morgan fingerprint density at radius 1 is 1.40 bits per heavy atom. The third-order valence-electron chi connectivity index (χ3n) is 1.98. The van der Waals surface area contributed by atoms with Crippen molar-refractivity contribution in [2.75, 3.05) is 5.09 Å². The van der Waals surface area contributed by atoms with Crippen LogP contribution in [0.15, 0.2) is 24.4 Å². The number of rotatable bonds is 2. The molecule has 0 radical (unpaired) electrons. The van der Waals surface area contributed by atoms with Crippen molar-refractivity contribution >= 4 is 24.3 Å². The molecule has 2 aromatic rings. The van der Waals surface area contributed by atoms with E-state index < -0.39 is 7.67 Å². The van der Waals surface area contributed by atoms with Crippen LogP contribution in [0.3, 0.4) is 0 Å². The number of hydrogen-bond donors (Lipinski definition) is 5. The highest BCUT2D eigenvalue weighted by Crippen LogP contribution is 2.37. The number of anilines is 1. The van der Waals surface area contributed by atoms with E-state index in [1.165, 1.54) is 12.1 Å². The molecule has 6 nitrogen and oxygen atoms in total. The number of phenolic OH excluding ortho intramolecular Hbond substituents is 1. The fourth-order valence-corrected chi connectivity index (χ4v) is 1.95. The van der Waals surface area contributed by atoms with Gasteiger partial charge in [0.05, 0.1) is 11.2 Å². The highest BCUT2D eigenvalue weighted by Gasteiger charge is 2.13. The van der Waals surface area contributed by atoms with Gasteiger partial charge in [0.1, 0.15) is 5.75 Å². The first-order chi connectivity index (χ1) is 6.97. The highest BCUT2D eigenvalue weighted by atomic mass is 31.2. The average molecular weight is 227 g/mol. The van der Waals surface area contributed by atoms with Crippen molar-refractivity contribution in [3.63, 3.8) is 0 Å². The maximum absolute atomic E-state index is 11.0. The summed E-state index contributed by atoms with van der Waals surface area (Å²) in [6.07, 6.45) is 1.62. The van der Waals surface area contributed by atoms with E-state index >= 15 is 0 Å². The number of nitrogens with two attached hydrogens (primary N) is 1. The zero-order chi connectivity index (χ0) is 11.1. The summed E-state index contributed by atoms with van der Waals surface area (Å²) in [5.74, 6) is 0.0744. The Morgan fingerprint density at radius 3 is 2.80 bits per heavy atom. The fourth-order valence-electron chi connectivity index (χ4n) is 1.41. The van der Waals surface area contributed by atoms with Gasteiger partial charge in [0.25, 0.3) is 0 Å². The number of aromatic hydroxyl groups is 1. The molecule has 15 heavy (non-hydrogen) atoms. The number of hydrogen-bond acceptors (Lipinski definition) is 2. The van der Waals surface area contributed by atoms with Crippen LogP contribution in [0.4, 0.5) is 5.69 Å². The SMILES string of the molecule is NP(=O)(O)Nc1ccc(O)c2[nH]ccc12. The average Bonchev–Trinajstić information content (AvgIpc) is 2.57. The van der Waals surface area contributed by atoms with Gasteiger partial charge in [-0.1, -0.05) is 0 Å². The molecule has 0 amide bonds. The topological polar surface area (TPSA) is 111 Å². The van der Waals surface area contributed by atoms with Crippen molar-refractivity contribution in [1.82, 2.24) is 4.98 Å². The first-order valence-electron chi connectivity index (χ1n) is 4.16. The van der Waals surface area contributed by atoms with E-state index in [0.29, 0.717) is 16.6 Å². The molecular formula is C8H10N3O3P. The number of nitrogens with one attached hydrogen (secondary N) is 2. The van der Waals surface area contributed by atoms with E-state index in [9.17, 15) is 9.67 Å². The second-order valence-corrected chi connectivity index (χ2v) is 4.60. The molecule has 1 heterocycles. The largest absolute Gasteiger partial charge is 0.506 e. The zero-order valence-corrected chi connectivity index (χ0v) is 8.53. The molecule has 0 saturated heterocycles. The minimum Gasteiger partial charge on any atom is -0.506 e. The standard InChI is InChI=1S/C8H10N3O3P/c9-15(13,14)11-6-1-2-7(12)8-5(6)3-4-10-8/h1-4,10,12H,(H4,9,11,13,14). The maximum atomic E-state index is 11.0. The van der Waals surface area contributed by atoms with E-state index in [1.807, 2.05) is 0 Å². The van der Waals surface area contributed by atoms with E-state index in [-0.39, 0.29) is 5.75 Å². The molecule has 0 bridgehead atoms. The molecule has 0 fully saturated rings. The van der Waals surface area contributed by atoms with Gasteiger partial charge < -0.3 is 20.1 Å². The summed E-state index contributed by atoms with van der Waals surface area (Å²) in [5.41, 5.74) is 5.89. The molecule has 1 aromatic carbocycles. The summed E-state index contributed by atoms with van der Waals surface area (Å²) in [7, 11) is -3.83. The van der Waals surface area contributed by atoms with E-state index in [4.69, 9.17) is 10.4 Å². The summed E-state index contributed by atoms with van der Waals surface area (Å²) < 4.78 is 11.0. The summed E-state index contributed by atoms with van der Waals surface area (Å²) >= 11 is 0. The van der Waals surface area contributed by atoms with Gasteiger partial charge in [-0.25, -0.2) is 10.1 Å². The molecule has 7 heteroatoms. The molecule has 1 unspecified atom stereocenters. The third kappa shape index (κ3) is 1.97. The van der Waals surface area contributed by atoms with Gasteiger partial charge in [0, 0.05) is 11.6 Å². The summed E-state index contributed by atoms with van der Waals surface area (Å²) in [6, 6.07) is 4.57. The second kappa shape index (κ2) is 3.27. The molecule has 0 spiro atoms. The van der Waals surface area contributed by atoms with Crippen LogP contribution in [-0.2, 0) is 4.57 Å². The molecule has 0 saturated carbocycles. The predicted molar refractivity (Wildman–Crippen MR) is 57.6 cm³/mol. The summed E-state index contributed by atoms with van der Waals surface area (Å²) in [4.78, 5) is 11.8. The Bertz CT molecular complexity index is 545. The highest BCUT2D eigenvalue weighted by molar-refractivity contribution is 7.57. The Kier molecular flexibility index (Phi) is 2.19. The van der Waals surface area contributed by atoms with Crippen molar-refractivity contribution in [3.05, 3.63) is 24.4 Å². The van der Waals surface area contributed by atoms with Gasteiger partial charge in [-0.05, 0) is 18.2 Å². The number of phenols is 1. The van der Waals surface area contributed by atoms with Crippen molar-refractivity contribution in [2.45, 2.75) is 0 Å². The van der Waals surface area contributed by atoms with Crippen LogP contribution >= 0.6 is 7.67 Å². The van der Waals surface area contributed by atoms with E-state index in [1.54, 1.807) is 12.3 Å². The lowest BCUT2D eigenvalue weighted by Gasteiger charge is -2.10. The minimum absolute atomic E-state index is 0.0744. The van der Waals surface area contributed by atoms with Gasteiger partial charge in [0.2, 0.25) is 0 Å². The number of aromatic nitrogens is 1. The van der Waals surface area contributed by atoms with Gasteiger partial charge in [-0.15, -0.1) is 0 Å². The molecule has 2 rings (SSSR count). The van der Waals surface area contributed by atoms with Crippen LogP contribution in [0.25, 0.3) is 10.9 Å². The number of fused-ring (bicyclic) bond motifs is 1. The molecule has 0 aliphatic rings. The van der Waals surface area contributed by atoms with Gasteiger partial charge in [0.15, 0.2) is 0 Å². The first kappa shape index (κ1) is 10.0. The van der Waals surface area contributed by atoms with Crippen LogP contribution in [0.1, 0.15) is 0 Å². The molecule has 80 valence electrons. The Balaban J connectivity index is 2.58. The lowest BCUT2D eigenvalue weighted by molar-refractivity contribution is 0.480. The minimum atomic E-state index is -3.83. The Morgan fingerprint density at radius 2 is 2.13 bits per heavy atom. The lowest BCUT2D eigenvalue weighted by atomic mass is 10.2. The quantitative estimate of drug-likeness (QED) is 0.392. The zero-order valence-electron chi connectivity index (χ0n) is 7.64. The Labute approximate surface area is 85.3 Å². The number of benzene rings is 1. The third-order valence-corrected chi connectivity index (χ3v) is 2.54. The van der Waals surface area contributed by atoms with Crippen LogP contribution < -0.4 is 10.6 Å². The van der Waals surface area contributed by atoms with Crippen molar-refractivity contribution in [2.24, 2.45) is 5.50 Å². The number of aromatic amines is 1. The lowest BCUT2D eigenvalue weighted by Crippen LogP contribution is -2.04. The fraction of sp³-hybridized carbons (Fsp3) is 0. The first-order valence-corrected chi connectivity index (χ1v) is 5.89. The second-order valence-electron chi connectivity index (χ2n) is 3.13. The smallest absolute Gasteiger partial charge is 0.360 e. The van der Waals surface area contributed by atoms with E-state index in [2.05, 4.69) is 10.1 Å². The molecule has 1 aromatic heterocycles. The molecule has 6 N–H and O–H groups in total. The van der Waals surface area contributed by atoms with Crippen LogP contribution in [0.5, 0.6) is 5.75 Å². The maximum Gasteiger partial charge on any atom is 0.360 e. The molecule has 1 atom stereocenters. The Hall–Kier alpha value is -1.49. The van der Waals surface area contributed by atoms with Gasteiger partial charge in [-0.2, -0.15) is 0 Å². The monoisotopic (exact) mass is 227 g/mol. The van der Waals surface area contributed by atoms with Crippen molar-refractivity contribution in [3.8, 4) is 5.75 Å². The normalized spacial score (nSPS) is 15.1. The van der Waals surface area contributed by atoms with Crippen LogP contribution in [0, 0.1) is 0 Å².